The highest BCUT2D eigenvalue weighted by molar-refractivity contribution is 5.79. The lowest BCUT2D eigenvalue weighted by Crippen LogP contribution is -2.39. The van der Waals surface area contributed by atoms with Crippen LogP contribution in [0.2, 0.25) is 0 Å². The molecule has 9 heteroatoms. The molecule has 0 saturated heterocycles. The molecule has 3 aromatic carbocycles. The largest absolute Gasteiger partial charge is 0.355 e. The minimum Gasteiger partial charge on any atom is -0.355 e. The maximum Gasteiger partial charge on any atom is 0.336 e. The normalized spacial score (nSPS) is 11.2. The molecule has 3 aromatic heterocycles. The van der Waals surface area contributed by atoms with Gasteiger partial charge in [-0.2, -0.15) is 0 Å². The molecular weight excluding hydrogens is 542 g/mol. The summed E-state index contributed by atoms with van der Waals surface area (Å²) in [6.45, 7) is 2.36. The average Bonchev–Trinajstić information content (AvgIpc) is 3.00. The van der Waals surface area contributed by atoms with Crippen molar-refractivity contribution in [1.29, 1.82) is 0 Å². The topological polar surface area (TPSA) is 107 Å². The van der Waals surface area contributed by atoms with Gasteiger partial charge in [0.25, 0.3) is 11.1 Å². The highest BCUT2D eigenvalue weighted by Gasteiger charge is 2.16. The number of aryl methyl sites for hydroxylation is 1. The monoisotopic (exact) mass is 571 g/mol. The van der Waals surface area contributed by atoms with Crippen molar-refractivity contribution >= 4 is 22.5 Å². The molecule has 214 valence electrons. The summed E-state index contributed by atoms with van der Waals surface area (Å²) >= 11 is 0. The first-order valence-corrected chi connectivity index (χ1v) is 14.0. The molecule has 0 aliphatic rings. The first kappa shape index (κ1) is 27.6. The Bertz CT molecular complexity index is 2150. The Morgan fingerprint density at radius 2 is 1.56 bits per heavy atom. The van der Waals surface area contributed by atoms with Crippen LogP contribution in [0.4, 0.5) is 0 Å². The van der Waals surface area contributed by atoms with E-state index in [9.17, 15) is 19.2 Å². The van der Waals surface area contributed by atoms with Gasteiger partial charge in [0.2, 0.25) is 5.91 Å². The molecular formula is C34H29N5O4. The van der Waals surface area contributed by atoms with E-state index in [1.165, 1.54) is 15.0 Å². The van der Waals surface area contributed by atoms with Gasteiger partial charge in [0.05, 0.1) is 35.2 Å². The van der Waals surface area contributed by atoms with E-state index in [1.54, 1.807) is 54.6 Å². The summed E-state index contributed by atoms with van der Waals surface area (Å²) in [7, 11) is 0. The molecule has 0 unspecified atom stereocenters. The zero-order chi connectivity index (χ0) is 29.9. The minimum absolute atomic E-state index is 0.000540. The van der Waals surface area contributed by atoms with Crippen molar-refractivity contribution in [3.05, 3.63) is 157 Å². The van der Waals surface area contributed by atoms with E-state index >= 15 is 0 Å². The zero-order valence-electron chi connectivity index (χ0n) is 23.6. The molecule has 9 nitrogen and oxygen atoms in total. The molecule has 6 rings (SSSR count). The van der Waals surface area contributed by atoms with E-state index in [4.69, 9.17) is 0 Å². The zero-order valence-corrected chi connectivity index (χ0v) is 23.6. The van der Waals surface area contributed by atoms with Gasteiger partial charge in [-0.15, -0.1) is 0 Å². The van der Waals surface area contributed by atoms with Gasteiger partial charge >= 0.3 is 5.69 Å². The van der Waals surface area contributed by atoms with Crippen molar-refractivity contribution in [2.75, 3.05) is 6.54 Å². The van der Waals surface area contributed by atoms with Gasteiger partial charge in [0.15, 0.2) is 0 Å². The Kier molecular flexibility index (Phi) is 7.53. The number of benzene rings is 3. The lowest BCUT2D eigenvalue weighted by atomic mass is 10.1. The van der Waals surface area contributed by atoms with Crippen LogP contribution < -0.4 is 22.1 Å². The molecule has 1 amide bonds. The summed E-state index contributed by atoms with van der Waals surface area (Å²) in [6.07, 6.45) is 0.917. The van der Waals surface area contributed by atoms with E-state index in [1.807, 2.05) is 49.4 Å². The smallest absolute Gasteiger partial charge is 0.336 e. The second-order valence-corrected chi connectivity index (χ2v) is 10.4. The third kappa shape index (κ3) is 5.65. The lowest BCUT2D eigenvalue weighted by Gasteiger charge is -2.15. The molecule has 0 bridgehead atoms. The van der Waals surface area contributed by atoms with Crippen LogP contribution in [0, 0.1) is 6.92 Å². The van der Waals surface area contributed by atoms with E-state index < -0.39 is 11.2 Å². The predicted molar refractivity (Wildman–Crippen MR) is 166 cm³/mol. The number of pyridine rings is 1. The standard InChI is InChI=1S/C34H29N5O4/c1-23-8-7-13-30-36-26(21-32(41)38(23)30)22-37-29-12-6-5-11-28(29)33(42)39(34(37)43)27-16-14-25(15-17-27)20-31(40)35-19-18-24-9-3-2-4-10-24/h2-17,21H,18-20,22H2,1H3,(H,35,40). The molecule has 0 aliphatic carbocycles. The number of carbonyl (C=O) groups excluding carboxylic acids is 1. The maximum absolute atomic E-state index is 13.9. The molecule has 0 fully saturated rings. The number of fused-ring (bicyclic) bond motifs is 2. The van der Waals surface area contributed by atoms with Crippen molar-refractivity contribution < 1.29 is 4.79 Å². The second kappa shape index (κ2) is 11.7. The lowest BCUT2D eigenvalue weighted by molar-refractivity contribution is -0.120. The van der Waals surface area contributed by atoms with Crippen LogP contribution in [-0.4, -0.2) is 31.0 Å². The molecule has 6 aromatic rings. The first-order valence-electron chi connectivity index (χ1n) is 14.0. The molecule has 0 atom stereocenters. The van der Waals surface area contributed by atoms with E-state index in [0.717, 1.165) is 27.8 Å². The SMILES string of the molecule is Cc1cccc2nc(Cn3c(=O)n(-c4ccc(CC(=O)NCCc5ccccc5)cc4)c(=O)c4ccccc43)cc(=O)n12. The minimum atomic E-state index is -0.554. The third-order valence-electron chi connectivity index (χ3n) is 7.44. The fraction of sp³-hybridized carbons (Fsp3) is 0.147. The van der Waals surface area contributed by atoms with E-state index in [-0.39, 0.29) is 24.4 Å². The Morgan fingerprint density at radius 3 is 2.35 bits per heavy atom. The van der Waals surface area contributed by atoms with E-state index in [0.29, 0.717) is 34.5 Å². The van der Waals surface area contributed by atoms with E-state index in [2.05, 4.69) is 10.3 Å². The molecule has 0 aliphatic heterocycles. The molecule has 43 heavy (non-hydrogen) atoms. The maximum atomic E-state index is 13.9. The number of hydrogen-bond donors (Lipinski definition) is 1. The van der Waals surface area contributed by atoms with Crippen LogP contribution in [0.15, 0.2) is 118 Å². The number of aromatic nitrogens is 4. The van der Waals surface area contributed by atoms with Crippen molar-refractivity contribution in [2.24, 2.45) is 0 Å². The number of rotatable bonds is 8. The van der Waals surface area contributed by atoms with Crippen molar-refractivity contribution in [3.63, 3.8) is 0 Å². The summed E-state index contributed by atoms with van der Waals surface area (Å²) in [4.78, 5) is 57.4. The second-order valence-electron chi connectivity index (χ2n) is 10.4. The van der Waals surface area contributed by atoms with Crippen molar-refractivity contribution in [3.8, 4) is 5.69 Å². The van der Waals surface area contributed by atoms with Gasteiger partial charge < -0.3 is 5.32 Å². The van der Waals surface area contributed by atoms with Crippen molar-refractivity contribution in [2.45, 2.75) is 26.3 Å². The summed E-state index contributed by atoms with van der Waals surface area (Å²) in [5.41, 5.74) is 3.12. The number of para-hydroxylation sites is 1. The van der Waals surface area contributed by atoms with Crippen LogP contribution in [-0.2, 0) is 24.2 Å². The molecule has 1 N–H and O–H groups in total. The highest BCUT2D eigenvalue weighted by atomic mass is 16.2. The molecule has 0 spiro atoms. The Labute approximate surface area is 246 Å². The van der Waals surface area contributed by atoms with Crippen LogP contribution in [0.25, 0.3) is 22.2 Å². The fourth-order valence-electron chi connectivity index (χ4n) is 5.31. The van der Waals surface area contributed by atoms with Gasteiger partial charge in [-0.1, -0.05) is 60.7 Å². The summed E-state index contributed by atoms with van der Waals surface area (Å²) in [5, 5.41) is 3.29. The number of nitrogens with one attached hydrogen (secondary N) is 1. The van der Waals surface area contributed by atoms with Crippen LogP contribution in [0.3, 0.4) is 0 Å². The van der Waals surface area contributed by atoms with Gasteiger partial charge in [0, 0.05) is 18.3 Å². The molecule has 0 saturated carbocycles. The summed E-state index contributed by atoms with van der Waals surface area (Å²) < 4.78 is 4.08. The summed E-state index contributed by atoms with van der Waals surface area (Å²) in [6, 6.07) is 30.4. The predicted octanol–water partition coefficient (Wildman–Crippen LogP) is 3.42. The quantitative estimate of drug-likeness (QED) is 0.301. The Morgan fingerprint density at radius 1 is 0.814 bits per heavy atom. The van der Waals surface area contributed by atoms with Gasteiger partial charge in [0.1, 0.15) is 5.65 Å². The molecule has 0 radical (unpaired) electrons. The fourth-order valence-corrected chi connectivity index (χ4v) is 5.31. The summed E-state index contributed by atoms with van der Waals surface area (Å²) in [5.74, 6) is -0.108. The molecule has 3 heterocycles. The van der Waals surface area contributed by atoms with Crippen molar-refractivity contribution in [1.82, 2.24) is 23.8 Å². The third-order valence-corrected chi connectivity index (χ3v) is 7.44. The average molecular weight is 572 g/mol. The van der Waals surface area contributed by atoms with Gasteiger partial charge in [-0.05, 0) is 60.9 Å². The first-order chi connectivity index (χ1) is 20.9. The van der Waals surface area contributed by atoms with Gasteiger partial charge in [-0.25, -0.2) is 14.3 Å². The van der Waals surface area contributed by atoms with Crippen LogP contribution in [0.1, 0.15) is 22.5 Å². The van der Waals surface area contributed by atoms with Crippen LogP contribution >= 0.6 is 0 Å². The Balaban J connectivity index is 1.29. The van der Waals surface area contributed by atoms with Gasteiger partial charge in [-0.3, -0.25) is 23.4 Å². The number of nitrogens with zero attached hydrogens (tertiary/aromatic N) is 4. The van der Waals surface area contributed by atoms with Crippen LogP contribution in [0.5, 0.6) is 0 Å². The number of amides is 1. The Hall–Kier alpha value is -5.57. The number of carbonyl (C=O) groups is 1. The number of hydrogen-bond acceptors (Lipinski definition) is 5. The highest BCUT2D eigenvalue weighted by Crippen LogP contribution is 2.13.